The van der Waals surface area contributed by atoms with Gasteiger partial charge in [0.1, 0.15) is 16.4 Å². The monoisotopic (exact) mass is 374 g/mol. The van der Waals surface area contributed by atoms with Gasteiger partial charge in [-0.2, -0.15) is 0 Å². The Hall–Kier alpha value is -3.07. The van der Waals surface area contributed by atoms with Crippen molar-refractivity contribution in [3.05, 3.63) is 57.2 Å². The van der Waals surface area contributed by atoms with Crippen LogP contribution in [-0.2, 0) is 4.79 Å². The van der Waals surface area contributed by atoms with Gasteiger partial charge in [-0.15, -0.1) is 0 Å². The van der Waals surface area contributed by atoms with Gasteiger partial charge in [0.25, 0.3) is 11.1 Å². The normalized spacial score (nSPS) is 15.7. The second kappa shape index (κ2) is 7.44. The van der Waals surface area contributed by atoms with Gasteiger partial charge in [-0.3, -0.25) is 19.7 Å². The number of benzene rings is 1. The number of carbonyl (C=O) groups is 2. The van der Waals surface area contributed by atoms with E-state index in [1.54, 1.807) is 24.3 Å². The second-order valence-electron chi connectivity index (χ2n) is 5.29. The van der Waals surface area contributed by atoms with E-state index >= 15 is 0 Å². The minimum absolute atomic E-state index is 0.130. The van der Waals surface area contributed by atoms with E-state index in [0.717, 1.165) is 23.1 Å². The lowest BCUT2D eigenvalue weighted by atomic mass is 10.2. The van der Waals surface area contributed by atoms with Gasteiger partial charge in [-0.25, -0.2) is 4.90 Å². The molecule has 0 saturated carbocycles. The van der Waals surface area contributed by atoms with Crippen LogP contribution in [0.3, 0.4) is 0 Å². The smallest absolute Gasteiger partial charge is 0.433 e. The molecule has 0 atom stereocenters. The molecule has 0 bridgehead atoms. The minimum atomic E-state index is -0.675. The summed E-state index contributed by atoms with van der Waals surface area (Å²) in [5.74, 6) is -0.161. The molecule has 0 spiro atoms. The van der Waals surface area contributed by atoms with Crippen molar-refractivity contribution < 1.29 is 23.7 Å². The van der Waals surface area contributed by atoms with Crippen molar-refractivity contribution in [2.75, 3.05) is 11.5 Å². The molecular weight excluding hydrogens is 360 g/mol. The first-order valence-electron chi connectivity index (χ1n) is 7.74. The van der Waals surface area contributed by atoms with Crippen LogP contribution in [0.2, 0.25) is 0 Å². The Morgan fingerprint density at radius 3 is 2.58 bits per heavy atom. The molecule has 1 aliphatic heterocycles. The first-order chi connectivity index (χ1) is 12.5. The zero-order chi connectivity index (χ0) is 18.7. The standard InChI is InChI=1S/C17H14N2O6S/c1-2-9-24-12-5-3-11(4-6-12)18-16(20)14(26-17(18)21)10-13-7-8-15(25-13)19(22)23/h3-8,10H,2,9H2,1H3/b14-10-. The van der Waals surface area contributed by atoms with E-state index in [-0.39, 0.29) is 10.7 Å². The highest BCUT2D eigenvalue weighted by Gasteiger charge is 2.36. The first kappa shape index (κ1) is 17.7. The predicted molar refractivity (Wildman–Crippen MR) is 96.0 cm³/mol. The highest BCUT2D eigenvalue weighted by Crippen LogP contribution is 2.36. The average molecular weight is 374 g/mol. The lowest BCUT2D eigenvalue weighted by Gasteiger charge is -2.13. The van der Waals surface area contributed by atoms with Crippen molar-refractivity contribution in [2.45, 2.75) is 13.3 Å². The summed E-state index contributed by atoms with van der Waals surface area (Å²) < 4.78 is 10.5. The lowest BCUT2D eigenvalue weighted by Crippen LogP contribution is -2.27. The number of hydrogen-bond donors (Lipinski definition) is 0. The number of thioether (sulfide) groups is 1. The van der Waals surface area contributed by atoms with E-state index in [0.29, 0.717) is 18.0 Å². The topological polar surface area (TPSA) is 103 Å². The SMILES string of the molecule is CCCOc1ccc(N2C(=O)S/C(=C\c3ccc([N+](=O)[O-])o3)C2=O)cc1. The van der Waals surface area contributed by atoms with Gasteiger partial charge in [-0.05, 0) is 48.5 Å². The molecule has 3 rings (SSSR count). The third-order valence-electron chi connectivity index (χ3n) is 3.43. The number of amides is 2. The Morgan fingerprint density at radius 1 is 1.23 bits per heavy atom. The third-order valence-corrected chi connectivity index (χ3v) is 4.30. The lowest BCUT2D eigenvalue weighted by molar-refractivity contribution is -0.402. The summed E-state index contributed by atoms with van der Waals surface area (Å²) in [6.07, 6.45) is 2.19. The molecular formula is C17H14N2O6S. The number of nitrogens with zero attached hydrogens (tertiary/aromatic N) is 2. The van der Waals surface area contributed by atoms with Crippen molar-refractivity contribution in [2.24, 2.45) is 0 Å². The minimum Gasteiger partial charge on any atom is -0.494 e. The molecule has 1 aromatic carbocycles. The number of rotatable bonds is 6. The van der Waals surface area contributed by atoms with Crippen LogP contribution in [0.4, 0.5) is 16.4 Å². The van der Waals surface area contributed by atoms with E-state index in [2.05, 4.69) is 0 Å². The van der Waals surface area contributed by atoms with Gasteiger partial charge in [-0.1, -0.05) is 6.92 Å². The summed E-state index contributed by atoms with van der Waals surface area (Å²) in [6.45, 7) is 2.58. The van der Waals surface area contributed by atoms with Gasteiger partial charge in [0.15, 0.2) is 0 Å². The average Bonchev–Trinajstić information content (AvgIpc) is 3.19. The number of carbonyl (C=O) groups excluding carboxylic acids is 2. The molecule has 1 fully saturated rings. The van der Waals surface area contributed by atoms with Crippen molar-refractivity contribution >= 4 is 40.6 Å². The molecule has 0 aliphatic carbocycles. The van der Waals surface area contributed by atoms with Crippen LogP contribution in [0, 0.1) is 10.1 Å². The van der Waals surface area contributed by atoms with E-state index in [4.69, 9.17) is 9.15 Å². The number of ether oxygens (including phenoxy) is 1. The quantitative estimate of drug-likeness (QED) is 0.424. The zero-order valence-corrected chi connectivity index (χ0v) is 14.5. The van der Waals surface area contributed by atoms with E-state index in [1.165, 1.54) is 18.2 Å². The molecule has 2 heterocycles. The largest absolute Gasteiger partial charge is 0.494 e. The van der Waals surface area contributed by atoms with Crippen molar-refractivity contribution in [3.63, 3.8) is 0 Å². The second-order valence-corrected chi connectivity index (χ2v) is 6.29. The summed E-state index contributed by atoms with van der Waals surface area (Å²) in [5, 5.41) is 10.2. The third kappa shape index (κ3) is 3.62. The Balaban J connectivity index is 1.79. The maximum Gasteiger partial charge on any atom is 0.433 e. The fraction of sp³-hybridized carbons (Fsp3) is 0.176. The van der Waals surface area contributed by atoms with Crippen LogP contribution >= 0.6 is 11.8 Å². The maximum absolute atomic E-state index is 12.5. The summed E-state index contributed by atoms with van der Waals surface area (Å²) in [5.41, 5.74) is 0.421. The number of imide groups is 1. The van der Waals surface area contributed by atoms with Crippen LogP contribution in [0.5, 0.6) is 5.75 Å². The molecule has 8 nitrogen and oxygen atoms in total. The molecule has 134 valence electrons. The summed E-state index contributed by atoms with van der Waals surface area (Å²) in [7, 11) is 0. The van der Waals surface area contributed by atoms with Crippen LogP contribution < -0.4 is 9.64 Å². The highest BCUT2D eigenvalue weighted by atomic mass is 32.2. The molecule has 0 radical (unpaired) electrons. The molecule has 1 aromatic heterocycles. The Bertz CT molecular complexity index is 887. The molecule has 2 amide bonds. The van der Waals surface area contributed by atoms with E-state index < -0.39 is 22.0 Å². The molecule has 26 heavy (non-hydrogen) atoms. The number of furan rings is 1. The number of nitro groups is 1. The molecule has 1 saturated heterocycles. The number of hydrogen-bond acceptors (Lipinski definition) is 7. The van der Waals surface area contributed by atoms with Crippen LogP contribution in [0.1, 0.15) is 19.1 Å². The van der Waals surface area contributed by atoms with Crippen molar-refractivity contribution in [1.82, 2.24) is 0 Å². The van der Waals surface area contributed by atoms with E-state index in [1.807, 2.05) is 6.92 Å². The fourth-order valence-electron chi connectivity index (χ4n) is 2.25. The van der Waals surface area contributed by atoms with Gasteiger partial charge < -0.3 is 9.15 Å². The Kier molecular flexibility index (Phi) is 5.08. The maximum atomic E-state index is 12.5. The van der Waals surface area contributed by atoms with Crippen LogP contribution in [0.25, 0.3) is 6.08 Å². The van der Waals surface area contributed by atoms with Crippen LogP contribution in [-0.4, -0.2) is 22.7 Å². The van der Waals surface area contributed by atoms with Crippen molar-refractivity contribution in [1.29, 1.82) is 0 Å². The molecule has 2 aromatic rings. The fourth-order valence-corrected chi connectivity index (χ4v) is 3.07. The van der Waals surface area contributed by atoms with Gasteiger partial charge in [0.2, 0.25) is 0 Å². The first-order valence-corrected chi connectivity index (χ1v) is 8.56. The predicted octanol–water partition coefficient (Wildman–Crippen LogP) is 4.22. The summed E-state index contributed by atoms with van der Waals surface area (Å²) in [4.78, 5) is 35.9. The Morgan fingerprint density at radius 2 is 1.96 bits per heavy atom. The van der Waals surface area contributed by atoms with E-state index in [9.17, 15) is 19.7 Å². The Labute approximate surface area is 152 Å². The summed E-state index contributed by atoms with van der Waals surface area (Å²) >= 11 is 0.745. The number of anilines is 1. The van der Waals surface area contributed by atoms with Gasteiger partial charge in [0.05, 0.1) is 23.3 Å². The van der Waals surface area contributed by atoms with Gasteiger partial charge in [0, 0.05) is 6.08 Å². The molecule has 0 N–H and O–H groups in total. The van der Waals surface area contributed by atoms with Crippen LogP contribution in [0.15, 0.2) is 45.7 Å². The molecule has 0 unspecified atom stereocenters. The molecule has 1 aliphatic rings. The van der Waals surface area contributed by atoms with Crippen molar-refractivity contribution in [3.8, 4) is 5.75 Å². The highest BCUT2D eigenvalue weighted by molar-refractivity contribution is 8.19. The zero-order valence-electron chi connectivity index (χ0n) is 13.7. The van der Waals surface area contributed by atoms with Gasteiger partial charge >= 0.3 is 5.88 Å². The summed E-state index contributed by atoms with van der Waals surface area (Å²) in [6, 6.07) is 9.18. The molecule has 9 heteroatoms.